The molecule has 0 spiro atoms. The van der Waals surface area contributed by atoms with Crippen LogP contribution in [0.15, 0.2) is 83.3 Å². The van der Waals surface area contributed by atoms with Crippen LogP contribution >= 0.6 is 15.9 Å². The molecule has 4 aromatic rings. The molecule has 0 aliphatic heterocycles. The van der Waals surface area contributed by atoms with E-state index in [0.717, 1.165) is 37.5 Å². The monoisotopic (exact) mass is 528 g/mol. The van der Waals surface area contributed by atoms with Crippen molar-refractivity contribution in [3.63, 3.8) is 0 Å². The first-order chi connectivity index (χ1) is 17.0. The molecule has 35 heavy (non-hydrogen) atoms. The molecule has 0 N–H and O–H groups in total. The minimum absolute atomic E-state index is 0.164. The second-order valence-electron chi connectivity index (χ2n) is 8.54. The van der Waals surface area contributed by atoms with Crippen molar-refractivity contribution in [2.45, 2.75) is 25.7 Å². The van der Waals surface area contributed by atoms with E-state index in [-0.39, 0.29) is 13.2 Å². The lowest BCUT2D eigenvalue weighted by Gasteiger charge is -2.27. The van der Waals surface area contributed by atoms with Crippen LogP contribution in [0.5, 0.6) is 0 Å². The highest BCUT2D eigenvalue weighted by molar-refractivity contribution is 9.10. The molecule has 1 aliphatic rings. The number of esters is 2. The summed E-state index contributed by atoms with van der Waals surface area (Å²) in [6.45, 7) is 3.82. The molecule has 0 saturated carbocycles. The van der Waals surface area contributed by atoms with Crippen LogP contribution in [0.4, 0.5) is 0 Å². The van der Waals surface area contributed by atoms with Crippen LogP contribution in [0.25, 0.3) is 21.9 Å². The van der Waals surface area contributed by atoms with E-state index < -0.39 is 17.4 Å². The van der Waals surface area contributed by atoms with Gasteiger partial charge in [-0.05, 0) is 82.6 Å². The smallest absolute Gasteiger partial charge is 0.332 e. The first-order valence-corrected chi connectivity index (χ1v) is 12.6. The van der Waals surface area contributed by atoms with Gasteiger partial charge in [0.25, 0.3) is 0 Å². The zero-order chi connectivity index (χ0) is 24.6. The summed E-state index contributed by atoms with van der Waals surface area (Å²) in [4.78, 5) is 27.4. The molecule has 0 heterocycles. The third-order valence-corrected chi connectivity index (χ3v) is 7.15. The van der Waals surface area contributed by atoms with Gasteiger partial charge in [-0.2, -0.15) is 0 Å². The number of hydrogen-bond donors (Lipinski definition) is 0. The first-order valence-electron chi connectivity index (χ1n) is 11.8. The summed E-state index contributed by atoms with van der Waals surface area (Å²) in [5.41, 5.74) is 3.54. The number of carbonyl (C=O) groups is 2. The molecule has 0 unspecified atom stereocenters. The summed E-state index contributed by atoms with van der Waals surface area (Å²) in [5.74, 6) is -1.20. The van der Waals surface area contributed by atoms with E-state index in [1.807, 2.05) is 60.7 Å². The van der Waals surface area contributed by atoms with Gasteiger partial charge in [-0.25, -0.2) is 0 Å². The van der Waals surface area contributed by atoms with E-state index in [1.165, 1.54) is 0 Å². The van der Waals surface area contributed by atoms with Crippen LogP contribution in [-0.2, 0) is 30.9 Å². The molecule has 0 fully saturated rings. The Kier molecular flexibility index (Phi) is 6.20. The van der Waals surface area contributed by atoms with E-state index in [9.17, 15) is 9.59 Å². The lowest BCUT2D eigenvalue weighted by atomic mass is 9.77. The second-order valence-corrected chi connectivity index (χ2v) is 9.45. The lowest BCUT2D eigenvalue weighted by molar-refractivity contribution is -0.162. The molecule has 0 aromatic heterocycles. The van der Waals surface area contributed by atoms with Crippen molar-refractivity contribution in [3.05, 3.63) is 106 Å². The van der Waals surface area contributed by atoms with Crippen molar-refractivity contribution in [2.24, 2.45) is 0 Å². The minimum atomic E-state index is -1.67. The molecule has 4 aromatic carbocycles. The third kappa shape index (κ3) is 3.66. The van der Waals surface area contributed by atoms with Gasteiger partial charge in [0.1, 0.15) is 0 Å². The van der Waals surface area contributed by atoms with Gasteiger partial charge in [-0.3, -0.25) is 9.59 Å². The Bertz CT molecular complexity index is 1420. The molecule has 5 heteroatoms. The summed E-state index contributed by atoms with van der Waals surface area (Å²) in [6.07, 6.45) is 0.646. The number of halogens is 1. The summed E-state index contributed by atoms with van der Waals surface area (Å²) in [5, 5.41) is 2.05. The average Bonchev–Trinajstić information content (AvgIpc) is 3.16. The van der Waals surface area contributed by atoms with Gasteiger partial charge in [-0.1, -0.05) is 76.6 Å². The number of rotatable bonds is 6. The zero-order valence-electron chi connectivity index (χ0n) is 19.6. The molecule has 4 nitrogen and oxygen atoms in total. The maximum atomic E-state index is 13.7. The number of carbonyl (C=O) groups excluding carboxylic acids is 2. The quantitative estimate of drug-likeness (QED) is 0.209. The topological polar surface area (TPSA) is 52.6 Å². The van der Waals surface area contributed by atoms with Crippen molar-refractivity contribution in [3.8, 4) is 11.1 Å². The number of ether oxygens (including phenoxy) is 2. The molecule has 0 amide bonds. The molecular formula is C30H25BrO4. The fourth-order valence-electron chi connectivity index (χ4n) is 5.19. The summed E-state index contributed by atoms with van der Waals surface area (Å²) >= 11 is 3.52. The van der Waals surface area contributed by atoms with E-state index in [2.05, 4.69) is 34.1 Å². The molecule has 0 radical (unpaired) electrons. The van der Waals surface area contributed by atoms with Crippen molar-refractivity contribution in [1.82, 2.24) is 0 Å². The molecule has 5 rings (SSSR count). The zero-order valence-corrected chi connectivity index (χ0v) is 21.2. The van der Waals surface area contributed by atoms with Crippen LogP contribution in [0.2, 0.25) is 0 Å². The fourth-order valence-corrected chi connectivity index (χ4v) is 5.46. The lowest BCUT2D eigenvalue weighted by Crippen LogP contribution is -2.45. The van der Waals surface area contributed by atoms with Crippen molar-refractivity contribution in [1.29, 1.82) is 0 Å². The van der Waals surface area contributed by atoms with Crippen LogP contribution < -0.4 is 0 Å². The van der Waals surface area contributed by atoms with E-state index in [1.54, 1.807) is 13.8 Å². The summed E-state index contributed by atoms with van der Waals surface area (Å²) in [7, 11) is 0. The minimum Gasteiger partial charge on any atom is -0.465 e. The van der Waals surface area contributed by atoms with Crippen LogP contribution in [0, 0.1) is 0 Å². The Morgan fingerprint density at radius 2 is 1.43 bits per heavy atom. The maximum absolute atomic E-state index is 13.7. The standard InChI is InChI=1S/C30H25BrO4/c1-3-34-28(32)30(29(33)35-4-2)25-12-8-7-11-23(25)27-24(17-19-13-15-21(31)16-14-19)22-10-6-5-9-20(22)18-26(27)30/h5-16,18H,3-4,17H2,1-2H3. The van der Waals surface area contributed by atoms with Gasteiger partial charge in [0.05, 0.1) is 13.2 Å². The predicted molar refractivity (Wildman–Crippen MR) is 140 cm³/mol. The van der Waals surface area contributed by atoms with Gasteiger partial charge in [0, 0.05) is 4.47 Å². The average molecular weight is 529 g/mol. The van der Waals surface area contributed by atoms with Crippen molar-refractivity contribution in [2.75, 3.05) is 13.2 Å². The maximum Gasteiger partial charge on any atom is 0.332 e. The van der Waals surface area contributed by atoms with Crippen LogP contribution in [-0.4, -0.2) is 25.2 Å². The number of hydrogen-bond acceptors (Lipinski definition) is 4. The Labute approximate surface area is 213 Å². The third-order valence-electron chi connectivity index (χ3n) is 6.62. The predicted octanol–water partition coefficient (Wildman–Crippen LogP) is 6.59. The molecule has 1 aliphatic carbocycles. The highest BCUT2D eigenvalue weighted by Gasteiger charge is 2.58. The summed E-state index contributed by atoms with van der Waals surface area (Å²) < 4.78 is 12.1. The number of benzene rings is 4. The van der Waals surface area contributed by atoms with Crippen molar-refractivity contribution < 1.29 is 19.1 Å². The highest BCUT2D eigenvalue weighted by atomic mass is 79.9. The Morgan fingerprint density at radius 3 is 2.11 bits per heavy atom. The summed E-state index contributed by atoms with van der Waals surface area (Å²) in [6, 6.07) is 25.9. The Hall–Kier alpha value is -3.44. The molecule has 176 valence electrons. The highest BCUT2D eigenvalue weighted by Crippen LogP contribution is 2.53. The van der Waals surface area contributed by atoms with Crippen LogP contribution in [0.3, 0.4) is 0 Å². The van der Waals surface area contributed by atoms with Crippen molar-refractivity contribution >= 4 is 38.6 Å². The normalized spacial score (nSPS) is 13.2. The second kappa shape index (κ2) is 9.31. The first kappa shape index (κ1) is 23.3. The molecule has 0 atom stereocenters. The Balaban J connectivity index is 1.88. The number of fused-ring (bicyclic) bond motifs is 4. The SMILES string of the molecule is CCOC(=O)C1(C(=O)OCC)c2ccccc2-c2c1cc1ccccc1c2Cc1ccc(Br)cc1. The van der Waals surface area contributed by atoms with Gasteiger partial charge in [0.15, 0.2) is 0 Å². The molecular weight excluding hydrogens is 504 g/mol. The Morgan fingerprint density at radius 1 is 0.800 bits per heavy atom. The van der Waals surface area contributed by atoms with Gasteiger partial charge in [-0.15, -0.1) is 0 Å². The van der Waals surface area contributed by atoms with E-state index >= 15 is 0 Å². The van der Waals surface area contributed by atoms with Gasteiger partial charge >= 0.3 is 11.9 Å². The van der Waals surface area contributed by atoms with E-state index in [0.29, 0.717) is 17.5 Å². The van der Waals surface area contributed by atoms with Gasteiger partial charge in [0.2, 0.25) is 5.41 Å². The van der Waals surface area contributed by atoms with E-state index in [4.69, 9.17) is 9.47 Å². The molecule has 0 saturated heterocycles. The molecule has 0 bridgehead atoms. The van der Waals surface area contributed by atoms with Gasteiger partial charge < -0.3 is 9.47 Å². The van der Waals surface area contributed by atoms with Crippen LogP contribution in [0.1, 0.15) is 36.1 Å². The fraction of sp³-hybridized carbons (Fsp3) is 0.200. The largest absolute Gasteiger partial charge is 0.465 e.